The third-order valence-electron chi connectivity index (χ3n) is 8.49. The van der Waals surface area contributed by atoms with Crippen LogP contribution >= 0.6 is 11.6 Å². The maximum atomic E-state index is 13.0. The number of ether oxygens (including phenoxy) is 1. The molecule has 12 nitrogen and oxygen atoms in total. The molecule has 1 fully saturated rings. The van der Waals surface area contributed by atoms with Gasteiger partial charge in [0.25, 0.3) is 5.91 Å². The molecule has 3 aromatic carbocycles. The summed E-state index contributed by atoms with van der Waals surface area (Å²) in [6.07, 6.45) is -3.13. The Balaban J connectivity index is 1.14. The van der Waals surface area contributed by atoms with Gasteiger partial charge in [-0.2, -0.15) is 28.1 Å². The van der Waals surface area contributed by atoms with Gasteiger partial charge in [-0.05, 0) is 78.4 Å². The number of carbonyl (C=O) groups is 3. The van der Waals surface area contributed by atoms with Gasteiger partial charge in [-0.25, -0.2) is 0 Å². The van der Waals surface area contributed by atoms with Crippen LogP contribution in [0, 0.1) is 5.41 Å². The van der Waals surface area contributed by atoms with E-state index in [1.807, 2.05) is 38.1 Å². The van der Waals surface area contributed by atoms with E-state index in [1.54, 1.807) is 48.5 Å². The number of anilines is 4. The highest BCUT2D eigenvalue weighted by Gasteiger charge is 2.45. The van der Waals surface area contributed by atoms with Crippen LogP contribution in [-0.4, -0.2) is 66.6 Å². The summed E-state index contributed by atoms with van der Waals surface area (Å²) >= 11 is 6.04. The Bertz CT molecular complexity index is 1990. The number of hydrogen-bond acceptors (Lipinski definition) is 9. The smallest absolute Gasteiger partial charge is 0.422 e. The molecule has 4 aromatic rings. The van der Waals surface area contributed by atoms with Crippen LogP contribution in [0.15, 0.2) is 72.8 Å². The summed E-state index contributed by atoms with van der Waals surface area (Å²) in [5, 5.41) is 14.8. The topological polar surface area (TPSA) is 159 Å². The molecule has 0 atom stereocenters. The molecule has 0 radical (unpaired) electrons. The van der Waals surface area contributed by atoms with Gasteiger partial charge in [0.1, 0.15) is 0 Å². The lowest BCUT2D eigenvalue weighted by Crippen LogP contribution is -2.44. The third-order valence-corrected chi connectivity index (χ3v) is 10.2. The number of amides is 3. The van der Waals surface area contributed by atoms with Crippen LogP contribution in [0.2, 0.25) is 24.7 Å². The van der Waals surface area contributed by atoms with Crippen LogP contribution in [-0.2, 0) is 21.2 Å². The maximum absolute atomic E-state index is 13.0. The largest absolute Gasteiger partial charge is 0.454 e. The molecular weight excluding hydrogens is 753 g/mol. The molecule has 1 aromatic heterocycles. The van der Waals surface area contributed by atoms with Gasteiger partial charge < -0.3 is 31.3 Å². The van der Waals surface area contributed by atoms with Crippen LogP contribution in [0.1, 0.15) is 48.2 Å². The number of carbonyl (C=O) groups excluding carboxylic acids is 3. The van der Waals surface area contributed by atoms with E-state index in [2.05, 4.69) is 61.2 Å². The van der Waals surface area contributed by atoms with Crippen molar-refractivity contribution in [3.63, 3.8) is 0 Å². The van der Waals surface area contributed by atoms with Gasteiger partial charge in [0.15, 0.2) is 6.61 Å². The fourth-order valence-corrected chi connectivity index (χ4v) is 7.08. The highest BCUT2D eigenvalue weighted by molar-refractivity contribution is 6.75. The predicted molar refractivity (Wildman–Crippen MR) is 208 cm³/mol. The number of rotatable bonds is 15. The fraction of sp³-hybridized carbons (Fsp3) is 0.368. The molecule has 1 aliphatic rings. The van der Waals surface area contributed by atoms with E-state index in [0.29, 0.717) is 22.0 Å². The molecule has 0 spiro atoms. The lowest BCUT2D eigenvalue weighted by Gasteiger charge is -2.25. The summed E-state index contributed by atoms with van der Waals surface area (Å²) in [4.78, 5) is 50.5. The van der Waals surface area contributed by atoms with E-state index < -0.39 is 49.6 Å². The number of nitrogens with one attached hydrogen (secondary N) is 5. The second-order valence-electron chi connectivity index (χ2n) is 15.5. The van der Waals surface area contributed by atoms with Crippen molar-refractivity contribution >= 4 is 60.7 Å². The molecular formula is C38H44ClF3N8O4Si. The molecule has 1 saturated carbocycles. The fourth-order valence-electron chi connectivity index (χ4n) is 5.50. The number of aromatic nitrogens is 3. The standard InChI is InChI=1S/C38H44ClF3N8O4Si/c1-36(2,22-44-31(52)32(53)45-28-14-6-24(7-15-28)20-55(3,4)5)21-43-30(51)25-8-16-29(17-9-25)46-33-47-34(49-35(48-33)54-23-38(40,41)42)50-37(18-19-37)26-10-12-27(39)13-11-26/h6-17H,18-23H2,1-5H3,(H,43,51)(H,44,52)(H,45,53)(H2,46,47,48,49,50). The summed E-state index contributed by atoms with van der Waals surface area (Å²) in [5.74, 6) is -2.02. The predicted octanol–water partition coefficient (Wildman–Crippen LogP) is 7.24. The number of nitrogens with zero attached hydrogens (tertiary/aromatic N) is 3. The first-order chi connectivity index (χ1) is 25.8. The minimum Gasteiger partial charge on any atom is -0.454 e. The molecule has 0 unspecified atom stereocenters. The van der Waals surface area contributed by atoms with Crippen LogP contribution in [0.3, 0.4) is 0 Å². The van der Waals surface area contributed by atoms with E-state index in [9.17, 15) is 27.6 Å². The first-order valence-electron chi connectivity index (χ1n) is 17.6. The van der Waals surface area contributed by atoms with Crippen molar-refractivity contribution in [3.8, 4) is 6.01 Å². The molecule has 17 heteroatoms. The average Bonchev–Trinajstić information content (AvgIpc) is 3.89. The second-order valence-corrected chi connectivity index (χ2v) is 21.4. The zero-order valence-corrected chi connectivity index (χ0v) is 32.9. The minimum atomic E-state index is -4.61. The highest BCUT2D eigenvalue weighted by atomic mass is 35.5. The van der Waals surface area contributed by atoms with E-state index in [1.165, 1.54) is 5.56 Å². The minimum absolute atomic E-state index is 0.0139. The summed E-state index contributed by atoms with van der Waals surface area (Å²) in [5.41, 5.74) is 2.28. The Labute approximate surface area is 323 Å². The van der Waals surface area contributed by atoms with Crippen molar-refractivity contribution < 1.29 is 32.3 Å². The molecule has 1 aliphatic carbocycles. The molecule has 1 heterocycles. The van der Waals surface area contributed by atoms with Crippen molar-refractivity contribution in [2.45, 2.75) is 64.1 Å². The molecule has 5 rings (SSSR count). The normalized spacial score (nSPS) is 13.7. The molecule has 0 saturated heterocycles. The molecule has 5 N–H and O–H groups in total. The van der Waals surface area contributed by atoms with E-state index in [4.69, 9.17) is 16.3 Å². The van der Waals surface area contributed by atoms with Crippen LogP contribution < -0.4 is 31.3 Å². The maximum Gasteiger partial charge on any atom is 0.422 e. The van der Waals surface area contributed by atoms with Gasteiger partial charge in [-0.1, -0.05) is 74.9 Å². The van der Waals surface area contributed by atoms with Gasteiger partial charge in [0, 0.05) is 43.1 Å². The van der Waals surface area contributed by atoms with Gasteiger partial charge in [0.05, 0.1) is 5.54 Å². The van der Waals surface area contributed by atoms with Crippen molar-refractivity contribution in [1.29, 1.82) is 0 Å². The zero-order valence-electron chi connectivity index (χ0n) is 31.2. The average molecular weight is 797 g/mol. The van der Waals surface area contributed by atoms with Gasteiger partial charge in [-0.15, -0.1) is 0 Å². The van der Waals surface area contributed by atoms with Crippen molar-refractivity contribution in [2.75, 3.05) is 35.6 Å². The summed E-state index contributed by atoms with van der Waals surface area (Å²) < 4.78 is 43.7. The molecule has 0 bridgehead atoms. The van der Waals surface area contributed by atoms with E-state index in [-0.39, 0.29) is 30.9 Å². The Morgan fingerprint density at radius 2 is 1.40 bits per heavy atom. The van der Waals surface area contributed by atoms with Gasteiger partial charge in [-0.3, -0.25) is 14.4 Å². The third kappa shape index (κ3) is 12.7. The first-order valence-corrected chi connectivity index (χ1v) is 21.7. The Morgan fingerprint density at radius 3 is 2.00 bits per heavy atom. The van der Waals surface area contributed by atoms with Crippen LogP contribution in [0.4, 0.5) is 36.4 Å². The monoisotopic (exact) mass is 796 g/mol. The van der Waals surface area contributed by atoms with E-state index >= 15 is 0 Å². The first kappa shape index (κ1) is 41.0. The van der Waals surface area contributed by atoms with Crippen molar-refractivity contribution in [2.24, 2.45) is 5.41 Å². The Kier molecular flexibility index (Phi) is 12.4. The lowest BCUT2D eigenvalue weighted by molar-refractivity contribution is -0.154. The van der Waals surface area contributed by atoms with E-state index in [0.717, 1.165) is 24.4 Å². The lowest BCUT2D eigenvalue weighted by atomic mass is 9.93. The van der Waals surface area contributed by atoms with Crippen molar-refractivity contribution in [3.05, 3.63) is 94.5 Å². The Morgan fingerprint density at radius 1 is 0.800 bits per heavy atom. The summed E-state index contributed by atoms with van der Waals surface area (Å²) in [6.45, 7) is 9.23. The molecule has 292 valence electrons. The summed E-state index contributed by atoms with van der Waals surface area (Å²) in [7, 11) is -1.28. The molecule has 0 aliphatic heterocycles. The van der Waals surface area contributed by atoms with Gasteiger partial charge in [0.2, 0.25) is 11.9 Å². The van der Waals surface area contributed by atoms with Crippen LogP contribution in [0.25, 0.3) is 0 Å². The number of halogens is 4. The zero-order chi connectivity index (χ0) is 40.0. The van der Waals surface area contributed by atoms with Crippen LogP contribution in [0.5, 0.6) is 6.01 Å². The number of hydrogen-bond donors (Lipinski definition) is 5. The quantitative estimate of drug-likeness (QED) is 0.0618. The second kappa shape index (κ2) is 16.6. The SMILES string of the molecule is CC(C)(CNC(=O)C(=O)Nc1ccc(C[Si](C)(C)C)cc1)CNC(=O)c1ccc(Nc2nc(NC3(c4ccc(Cl)cc4)CC3)nc(OCC(F)(F)F)n2)cc1. The van der Waals surface area contributed by atoms with Crippen molar-refractivity contribution in [1.82, 2.24) is 25.6 Å². The Hall–Kier alpha value is -5.22. The molecule has 55 heavy (non-hydrogen) atoms. The summed E-state index contributed by atoms with van der Waals surface area (Å²) in [6, 6.07) is 21.5. The number of alkyl halides is 3. The van der Waals surface area contributed by atoms with Gasteiger partial charge >= 0.3 is 24.0 Å². The number of benzene rings is 3. The molecule has 3 amide bonds. The highest BCUT2D eigenvalue weighted by Crippen LogP contribution is 2.48.